The second-order valence-electron chi connectivity index (χ2n) is 7.22. The summed E-state index contributed by atoms with van der Waals surface area (Å²) in [5, 5.41) is 7.65. The van der Waals surface area contributed by atoms with Crippen molar-refractivity contribution in [2.24, 2.45) is 0 Å². The average molecular weight is 376 g/mol. The fourth-order valence-corrected chi connectivity index (χ4v) is 3.58. The summed E-state index contributed by atoms with van der Waals surface area (Å²) in [5.41, 5.74) is 13.3. The van der Waals surface area contributed by atoms with Gasteiger partial charge in [0.1, 0.15) is 0 Å². The zero-order chi connectivity index (χ0) is 19.8. The maximum atomic E-state index is 12.9. The van der Waals surface area contributed by atoms with Crippen LogP contribution in [-0.2, 0) is 13.0 Å². The summed E-state index contributed by atoms with van der Waals surface area (Å²) in [4.78, 5) is 19.0. The van der Waals surface area contributed by atoms with E-state index in [1.165, 1.54) is 5.56 Å². The first-order valence-corrected chi connectivity index (χ1v) is 9.35. The summed E-state index contributed by atoms with van der Waals surface area (Å²) in [7, 11) is 0. The van der Waals surface area contributed by atoms with Gasteiger partial charge in [-0.1, -0.05) is 17.7 Å². The van der Waals surface area contributed by atoms with E-state index in [0.29, 0.717) is 25.2 Å². The van der Waals surface area contributed by atoms with Crippen LogP contribution >= 0.6 is 0 Å². The smallest absolute Gasteiger partial charge is 0.322 e. The molecular formula is C21H24N6O. The lowest BCUT2D eigenvalue weighted by Crippen LogP contribution is -2.39. The van der Waals surface area contributed by atoms with Crippen LogP contribution in [0.2, 0.25) is 0 Å². The number of nitrogens with one attached hydrogen (secondary N) is 1. The minimum absolute atomic E-state index is 0.149. The minimum atomic E-state index is -0.149. The zero-order valence-corrected chi connectivity index (χ0v) is 16.4. The number of carbonyl (C=O) groups excluding carboxylic acids is 1. The third-order valence-corrected chi connectivity index (χ3v) is 5.24. The Morgan fingerprint density at radius 3 is 2.64 bits per heavy atom. The molecule has 0 unspecified atom stereocenters. The largest absolute Gasteiger partial charge is 0.398 e. The number of nitrogen functional groups attached to an aromatic ring is 1. The monoisotopic (exact) mass is 376 g/mol. The second kappa shape index (κ2) is 6.99. The molecule has 0 saturated carbocycles. The summed E-state index contributed by atoms with van der Waals surface area (Å²) < 4.78 is 1.86. The van der Waals surface area contributed by atoms with Crippen LogP contribution in [0.5, 0.6) is 0 Å². The summed E-state index contributed by atoms with van der Waals surface area (Å²) in [6, 6.07) is 9.78. The van der Waals surface area contributed by atoms with Crippen LogP contribution in [0, 0.1) is 20.8 Å². The highest BCUT2D eigenvalue weighted by Gasteiger charge is 2.24. The van der Waals surface area contributed by atoms with E-state index in [1.54, 1.807) is 17.2 Å². The Labute approximate surface area is 164 Å². The molecule has 0 spiro atoms. The Bertz CT molecular complexity index is 1040. The fourth-order valence-electron chi connectivity index (χ4n) is 3.58. The summed E-state index contributed by atoms with van der Waals surface area (Å²) >= 11 is 0. The number of benzene rings is 1. The minimum Gasteiger partial charge on any atom is -0.398 e. The van der Waals surface area contributed by atoms with E-state index >= 15 is 0 Å². The zero-order valence-electron chi connectivity index (χ0n) is 16.4. The van der Waals surface area contributed by atoms with Gasteiger partial charge in [0.05, 0.1) is 29.3 Å². The predicted octanol–water partition coefficient (Wildman–Crippen LogP) is 3.36. The van der Waals surface area contributed by atoms with Gasteiger partial charge in [0.2, 0.25) is 0 Å². The number of aromatic nitrogens is 3. The van der Waals surface area contributed by atoms with Crippen molar-refractivity contribution in [3.63, 3.8) is 0 Å². The van der Waals surface area contributed by atoms with Crippen LogP contribution in [0.15, 0.2) is 36.5 Å². The fraction of sp³-hybridized carbons (Fsp3) is 0.286. The van der Waals surface area contributed by atoms with Gasteiger partial charge in [-0.25, -0.2) is 9.48 Å². The number of amides is 2. The molecular weight excluding hydrogens is 352 g/mol. The van der Waals surface area contributed by atoms with Crippen LogP contribution in [0.3, 0.4) is 0 Å². The molecule has 1 aromatic carbocycles. The van der Waals surface area contributed by atoms with Gasteiger partial charge >= 0.3 is 6.03 Å². The molecule has 7 nitrogen and oxygen atoms in total. The normalized spacial score (nSPS) is 13.3. The number of nitrogens with zero attached hydrogens (tertiary/aromatic N) is 4. The number of pyridine rings is 1. The van der Waals surface area contributed by atoms with Gasteiger partial charge in [-0.15, -0.1) is 0 Å². The third kappa shape index (κ3) is 3.19. The number of hydrogen-bond donors (Lipinski definition) is 2. The molecule has 4 rings (SSSR count). The van der Waals surface area contributed by atoms with Crippen LogP contribution < -0.4 is 11.1 Å². The molecule has 0 atom stereocenters. The Hall–Kier alpha value is -3.35. The van der Waals surface area contributed by atoms with Crippen molar-refractivity contribution in [2.75, 3.05) is 17.6 Å². The molecule has 0 saturated heterocycles. The molecule has 7 heteroatoms. The first-order valence-electron chi connectivity index (χ1n) is 9.35. The van der Waals surface area contributed by atoms with E-state index in [-0.39, 0.29) is 6.03 Å². The van der Waals surface area contributed by atoms with Crippen molar-refractivity contribution < 1.29 is 4.79 Å². The molecule has 0 radical (unpaired) electrons. The molecule has 2 amide bonds. The Morgan fingerprint density at radius 1 is 1.14 bits per heavy atom. The van der Waals surface area contributed by atoms with E-state index in [1.807, 2.05) is 42.8 Å². The van der Waals surface area contributed by atoms with E-state index in [9.17, 15) is 4.79 Å². The Balaban J connectivity index is 1.56. The van der Waals surface area contributed by atoms with Crippen LogP contribution in [0.25, 0.3) is 5.69 Å². The summed E-state index contributed by atoms with van der Waals surface area (Å²) in [6.07, 6.45) is 2.42. The highest BCUT2D eigenvalue weighted by Crippen LogP contribution is 2.26. The maximum absolute atomic E-state index is 12.9. The number of rotatable bonds is 2. The topological polar surface area (TPSA) is 89.1 Å². The number of carbonyl (C=O) groups is 1. The Kier molecular flexibility index (Phi) is 4.50. The van der Waals surface area contributed by atoms with Gasteiger partial charge in [0.25, 0.3) is 0 Å². The molecule has 1 aliphatic rings. The van der Waals surface area contributed by atoms with E-state index in [0.717, 1.165) is 34.0 Å². The van der Waals surface area contributed by atoms with E-state index in [2.05, 4.69) is 22.3 Å². The van der Waals surface area contributed by atoms with Crippen LogP contribution in [0.1, 0.15) is 28.2 Å². The number of nitrogens with two attached hydrogens (primary N) is 1. The number of aryl methyl sites for hydroxylation is 2. The SMILES string of the molecule is Cc1ccc(-n2nc(C)c(NC(=O)N3CCc4nccc(N)c4C3)c2C)cc1. The van der Waals surface area contributed by atoms with Crippen LogP contribution in [0.4, 0.5) is 16.2 Å². The second-order valence-corrected chi connectivity index (χ2v) is 7.22. The lowest BCUT2D eigenvalue weighted by Gasteiger charge is -2.29. The molecule has 28 heavy (non-hydrogen) atoms. The number of hydrogen-bond acceptors (Lipinski definition) is 4. The quantitative estimate of drug-likeness (QED) is 0.718. The molecule has 0 bridgehead atoms. The Morgan fingerprint density at radius 2 is 1.89 bits per heavy atom. The van der Waals surface area contributed by atoms with Crippen molar-refractivity contribution in [3.8, 4) is 5.69 Å². The highest BCUT2D eigenvalue weighted by molar-refractivity contribution is 5.91. The first-order chi connectivity index (χ1) is 13.4. The standard InChI is InChI=1S/C21H24N6O/c1-13-4-6-16(7-5-13)27-15(3)20(14(2)25-27)24-21(28)26-11-9-19-17(12-26)18(22)8-10-23-19/h4-8,10H,9,11-12H2,1-3H3,(H2,22,23)(H,24,28). The molecule has 144 valence electrons. The average Bonchev–Trinajstić information content (AvgIpc) is 2.97. The van der Waals surface area contributed by atoms with Gasteiger partial charge in [-0.2, -0.15) is 5.10 Å². The van der Waals surface area contributed by atoms with Crippen molar-refractivity contribution in [3.05, 3.63) is 64.7 Å². The van der Waals surface area contributed by atoms with E-state index in [4.69, 9.17) is 5.73 Å². The number of anilines is 2. The van der Waals surface area contributed by atoms with Crippen molar-refractivity contribution in [1.82, 2.24) is 19.7 Å². The van der Waals surface area contributed by atoms with Crippen molar-refractivity contribution in [2.45, 2.75) is 33.7 Å². The molecule has 3 N–H and O–H groups in total. The van der Waals surface area contributed by atoms with Gasteiger partial charge in [0, 0.05) is 36.1 Å². The molecule has 1 aliphatic heterocycles. The number of urea groups is 1. The maximum Gasteiger partial charge on any atom is 0.322 e. The van der Waals surface area contributed by atoms with Crippen molar-refractivity contribution in [1.29, 1.82) is 0 Å². The van der Waals surface area contributed by atoms with Gasteiger partial charge in [-0.3, -0.25) is 4.98 Å². The highest BCUT2D eigenvalue weighted by atomic mass is 16.2. The molecule has 3 aromatic rings. The lowest BCUT2D eigenvalue weighted by molar-refractivity contribution is 0.206. The summed E-state index contributed by atoms with van der Waals surface area (Å²) in [5.74, 6) is 0. The molecule has 0 fully saturated rings. The molecule has 0 aliphatic carbocycles. The third-order valence-electron chi connectivity index (χ3n) is 5.24. The molecule has 2 aromatic heterocycles. The van der Waals surface area contributed by atoms with Crippen molar-refractivity contribution >= 4 is 17.4 Å². The van der Waals surface area contributed by atoms with Gasteiger partial charge in [0.15, 0.2) is 0 Å². The summed E-state index contributed by atoms with van der Waals surface area (Å²) in [6.45, 7) is 6.99. The lowest BCUT2D eigenvalue weighted by atomic mass is 10.0. The van der Waals surface area contributed by atoms with Crippen LogP contribution in [-0.4, -0.2) is 32.2 Å². The van der Waals surface area contributed by atoms with Gasteiger partial charge in [-0.05, 0) is 39.0 Å². The van der Waals surface area contributed by atoms with E-state index < -0.39 is 0 Å². The number of fused-ring (bicyclic) bond motifs is 1. The molecule has 3 heterocycles. The first kappa shape index (κ1) is 18.0. The van der Waals surface area contributed by atoms with Gasteiger partial charge < -0.3 is 16.0 Å². The predicted molar refractivity (Wildman–Crippen MR) is 110 cm³/mol.